The molecule has 1 aromatic carbocycles. The third-order valence-corrected chi connectivity index (χ3v) is 4.08. The summed E-state index contributed by atoms with van der Waals surface area (Å²) in [6.07, 6.45) is 1.84. The van der Waals surface area contributed by atoms with Crippen molar-refractivity contribution in [3.63, 3.8) is 0 Å². The molecule has 4 nitrogen and oxygen atoms in total. The average Bonchev–Trinajstić information content (AvgIpc) is 2.84. The summed E-state index contributed by atoms with van der Waals surface area (Å²) in [6.45, 7) is 4.81. The number of halogens is 1. The first-order chi connectivity index (χ1) is 10.1. The van der Waals surface area contributed by atoms with Gasteiger partial charge < -0.3 is 9.88 Å². The number of imidazole rings is 1. The Morgan fingerprint density at radius 3 is 2.71 bits per heavy atom. The fraction of sp³-hybridized carbons (Fsp3) is 0.250. The Kier molecular flexibility index (Phi) is 3.55. The number of aryl methyl sites for hydroxylation is 2. The van der Waals surface area contributed by atoms with Crippen LogP contribution in [0.4, 0.5) is 5.82 Å². The van der Waals surface area contributed by atoms with Gasteiger partial charge in [-0.3, -0.25) is 0 Å². The maximum atomic E-state index is 6.25. The summed E-state index contributed by atoms with van der Waals surface area (Å²) in [5.74, 6) is 0.811. The molecule has 0 spiro atoms. The maximum absolute atomic E-state index is 6.25. The van der Waals surface area contributed by atoms with E-state index in [-0.39, 0.29) is 0 Å². The number of fused-ring (bicyclic) bond motifs is 1. The molecule has 3 aromatic rings. The molecule has 0 saturated heterocycles. The van der Waals surface area contributed by atoms with E-state index in [9.17, 15) is 0 Å². The molecule has 0 aliphatic heterocycles. The Hall–Kier alpha value is -2.07. The van der Waals surface area contributed by atoms with Gasteiger partial charge in [0.05, 0.1) is 34.6 Å². The number of nitrogens with one attached hydrogen (secondary N) is 1. The SMILES string of the molecule is CNc1ccc(Cl)c(Cn2cnc3cc(C)c(C)cc32)n1. The molecule has 0 aliphatic rings. The van der Waals surface area contributed by atoms with Crippen LogP contribution in [0.3, 0.4) is 0 Å². The van der Waals surface area contributed by atoms with E-state index in [1.807, 2.05) is 25.5 Å². The lowest BCUT2D eigenvalue weighted by molar-refractivity contribution is 0.798. The van der Waals surface area contributed by atoms with Crippen molar-refractivity contribution in [1.29, 1.82) is 0 Å². The molecule has 0 radical (unpaired) electrons. The van der Waals surface area contributed by atoms with Crippen LogP contribution in [0, 0.1) is 13.8 Å². The van der Waals surface area contributed by atoms with Crippen molar-refractivity contribution >= 4 is 28.5 Å². The van der Waals surface area contributed by atoms with Crippen molar-refractivity contribution < 1.29 is 0 Å². The van der Waals surface area contributed by atoms with E-state index < -0.39 is 0 Å². The second-order valence-electron chi connectivity index (χ2n) is 5.17. The van der Waals surface area contributed by atoms with E-state index in [1.54, 1.807) is 0 Å². The van der Waals surface area contributed by atoms with Crippen LogP contribution in [-0.4, -0.2) is 21.6 Å². The van der Waals surface area contributed by atoms with E-state index >= 15 is 0 Å². The minimum absolute atomic E-state index is 0.605. The number of anilines is 1. The van der Waals surface area contributed by atoms with Crippen molar-refractivity contribution in [3.8, 4) is 0 Å². The first-order valence-corrected chi connectivity index (χ1v) is 7.21. The van der Waals surface area contributed by atoms with Crippen LogP contribution >= 0.6 is 11.6 Å². The predicted octanol–water partition coefficient (Wildman–Crippen LogP) is 3.79. The number of aromatic nitrogens is 3. The van der Waals surface area contributed by atoms with Crippen molar-refractivity contribution in [2.45, 2.75) is 20.4 Å². The van der Waals surface area contributed by atoms with Crippen molar-refractivity contribution in [3.05, 3.63) is 52.4 Å². The van der Waals surface area contributed by atoms with Gasteiger partial charge in [-0.2, -0.15) is 0 Å². The molecule has 0 atom stereocenters. The highest BCUT2D eigenvalue weighted by molar-refractivity contribution is 6.31. The molecule has 5 heteroatoms. The van der Waals surface area contributed by atoms with Crippen LogP contribution in [-0.2, 0) is 6.54 Å². The summed E-state index contributed by atoms with van der Waals surface area (Å²) >= 11 is 6.25. The minimum atomic E-state index is 0.605. The quantitative estimate of drug-likeness (QED) is 0.800. The highest BCUT2D eigenvalue weighted by Gasteiger charge is 2.09. The number of pyridine rings is 1. The largest absolute Gasteiger partial charge is 0.373 e. The summed E-state index contributed by atoms with van der Waals surface area (Å²) in [5.41, 5.74) is 5.44. The molecule has 2 aromatic heterocycles. The Balaban J connectivity index is 2.04. The molecule has 3 rings (SSSR count). The summed E-state index contributed by atoms with van der Waals surface area (Å²) in [6, 6.07) is 8.00. The van der Waals surface area contributed by atoms with Gasteiger partial charge in [-0.25, -0.2) is 9.97 Å². The Morgan fingerprint density at radius 1 is 1.19 bits per heavy atom. The number of nitrogens with zero attached hydrogens (tertiary/aromatic N) is 3. The zero-order valence-electron chi connectivity index (χ0n) is 12.3. The Bertz CT molecular complexity index is 807. The van der Waals surface area contributed by atoms with Crippen LogP contribution in [0.5, 0.6) is 0 Å². The van der Waals surface area contributed by atoms with Crippen molar-refractivity contribution in [2.24, 2.45) is 0 Å². The molecule has 0 fully saturated rings. The minimum Gasteiger partial charge on any atom is -0.373 e. The van der Waals surface area contributed by atoms with Crippen LogP contribution < -0.4 is 5.32 Å². The van der Waals surface area contributed by atoms with E-state index in [1.165, 1.54) is 11.1 Å². The van der Waals surface area contributed by atoms with Gasteiger partial charge in [0.25, 0.3) is 0 Å². The fourth-order valence-corrected chi connectivity index (χ4v) is 2.50. The first kappa shape index (κ1) is 13.9. The van der Waals surface area contributed by atoms with E-state index in [4.69, 9.17) is 11.6 Å². The highest BCUT2D eigenvalue weighted by atomic mass is 35.5. The second-order valence-corrected chi connectivity index (χ2v) is 5.58. The van der Waals surface area contributed by atoms with E-state index in [2.05, 4.69) is 45.8 Å². The number of hydrogen-bond acceptors (Lipinski definition) is 3. The van der Waals surface area contributed by atoms with Gasteiger partial charge in [0.15, 0.2) is 0 Å². The molecule has 0 unspecified atom stereocenters. The predicted molar refractivity (Wildman–Crippen MR) is 87.1 cm³/mol. The standard InChI is InChI=1S/C16H17ClN4/c1-10-6-13-15(7-11(10)2)21(9-19-13)8-14-12(17)4-5-16(18-3)20-14/h4-7,9H,8H2,1-3H3,(H,18,20). The van der Waals surface area contributed by atoms with E-state index in [0.29, 0.717) is 11.6 Å². The van der Waals surface area contributed by atoms with Gasteiger partial charge in [-0.1, -0.05) is 11.6 Å². The molecule has 2 heterocycles. The summed E-state index contributed by atoms with van der Waals surface area (Å²) < 4.78 is 2.08. The molecule has 0 saturated carbocycles. The monoisotopic (exact) mass is 300 g/mol. The van der Waals surface area contributed by atoms with Crippen LogP contribution in [0.1, 0.15) is 16.8 Å². The first-order valence-electron chi connectivity index (χ1n) is 6.83. The normalized spacial score (nSPS) is 11.0. The molecular weight excluding hydrogens is 284 g/mol. The lowest BCUT2D eigenvalue weighted by atomic mass is 10.1. The fourth-order valence-electron chi connectivity index (χ4n) is 2.34. The lowest BCUT2D eigenvalue weighted by Crippen LogP contribution is -2.03. The molecule has 21 heavy (non-hydrogen) atoms. The maximum Gasteiger partial charge on any atom is 0.126 e. The third-order valence-electron chi connectivity index (χ3n) is 3.73. The van der Waals surface area contributed by atoms with Gasteiger partial charge >= 0.3 is 0 Å². The second kappa shape index (κ2) is 5.37. The van der Waals surface area contributed by atoms with Crippen LogP contribution in [0.2, 0.25) is 5.02 Å². The van der Waals surface area contributed by atoms with Crippen molar-refractivity contribution in [1.82, 2.24) is 14.5 Å². The molecule has 0 bridgehead atoms. The average molecular weight is 301 g/mol. The third kappa shape index (κ3) is 2.59. The van der Waals surface area contributed by atoms with Crippen LogP contribution in [0.15, 0.2) is 30.6 Å². The molecule has 0 amide bonds. The zero-order chi connectivity index (χ0) is 15.0. The number of benzene rings is 1. The Morgan fingerprint density at radius 2 is 1.95 bits per heavy atom. The molecule has 1 N–H and O–H groups in total. The lowest BCUT2D eigenvalue weighted by Gasteiger charge is -2.09. The Labute approximate surface area is 128 Å². The summed E-state index contributed by atoms with van der Waals surface area (Å²) in [5, 5.41) is 3.70. The summed E-state index contributed by atoms with van der Waals surface area (Å²) in [7, 11) is 1.85. The van der Waals surface area contributed by atoms with Gasteiger partial charge in [0.2, 0.25) is 0 Å². The smallest absolute Gasteiger partial charge is 0.126 e. The van der Waals surface area contributed by atoms with Gasteiger partial charge in [-0.05, 0) is 49.2 Å². The zero-order valence-corrected chi connectivity index (χ0v) is 13.1. The van der Waals surface area contributed by atoms with Crippen molar-refractivity contribution in [2.75, 3.05) is 12.4 Å². The highest BCUT2D eigenvalue weighted by Crippen LogP contribution is 2.22. The number of rotatable bonds is 3. The molecular formula is C16H17ClN4. The van der Waals surface area contributed by atoms with Crippen LogP contribution in [0.25, 0.3) is 11.0 Å². The van der Waals surface area contributed by atoms with Gasteiger partial charge in [-0.15, -0.1) is 0 Å². The summed E-state index contributed by atoms with van der Waals surface area (Å²) in [4.78, 5) is 8.99. The van der Waals surface area contributed by atoms with Gasteiger partial charge in [0.1, 0.15) is 5.82 Å². The van der Waals surface area contributed by atoms with E-state index in [0.717, 1.165) is 22.5 Å². The molecule has 0 aliphatic carbocycles. The topological polar surface area (TPSA) is 42.7 Å². The van der Waals surface area contributed by atoms with Gasteiger partial charge in [0, 0.05) is 7.05 Å². The number of hydrogen-bond donors (Lipinski definition) is 1. The molecule has 108 valence electrons.